The lowest BCUT2D eigenvalue weighted by Crippen LogP contribution is -2.24. The van der Waals surface area contributed by atoms with E-state index in [1.54, 1.807) is 6.92 Å². The minimum Gasteiger partial charge on any atom is -0.481 e. The Hall–Kier alpha value is -2.20. The third kappa shape index (κ3) is 1.65. The number of fused-ring (bicyclic) bond motifs is 3. The van der Waals surface area contributed by atoms with Crippen molar-refractivity contribution in [2.24, 2.45) is 0 Å². The van der Waals surface area contributed by atoms with Gasteiger partial charge in [-0.05, 0) is 25.3 Å². The highest BCUT2D eigenvalue weighted by Crippen LogP contribution is 2.42. The van der Waals surface area contributed by atoms with Gasteiger partial charge in [0.25, 0.3) is 5.56 Å². The molecule has 3 rings (SSSR count). The maximum atomic E-state index is 12.5. The molecule has 20 heavy (non-hydrogen) atoms. The summed E-state index contributed by atoms with van der Waals surface area (Å²) in [5, 5.41) is 18.5. The fraction of sp³-hybridized carbons (Fsp3) is 0.385. The zero-order valence-electron chi connectivity index (χ0n) is 10.7. The van der Waals surface area contributed by atoms with Gasteiger partial charge in [0.2, 0.25) is 0 Å². The fourth-order valence-corrected chi connectivity index (χ4v) is 4.01. The average Bonchev–Trinajstić information content (AvgIpc) is 2.92. The van der Waals surface area contributed by atoms with Gasteiger partial charge in [-0.25, -0.2) is 4.98 Å². The number of hydrogen-bond acceptors (Lipinski definition) is 5. The van der Waals surface area contributed by atoms with Gasteiger partial charge in [-0.2, -0.15) is 5.26 Å². The van der Waals surface area contributed by atoms with Crippen molar-refractivity contribution in [3.05, 3.63) is 26.6 Å². The van der Waals surface area contributed by atoms with Gasteiger partial charge in [0.1, 0.15) is 17.2 Å². The van der Waals surface area contributed by atoms with E-state index in [2.05, 4.69) is 4.98 Å². The first kappa shape index (κ1) is 12.8. The van der Waals surface area contributed by atoms with Crippen LogP contribution in [0.1, 0.15) is 28.6 Å². The van der Waals surface area contributed by atoms with E-state index in [0.29, 0.717) is 34.4 Å². The molecule has 2 aromatic rings. The van der Waals surface area contributed by atoms with Crippen LogP contribution in [0.5, 0.6) is 0 Å². The molecule has 0 fully saturated rings. The molecule has 0 aliphatic heterocycles. The number of nitriles is 1. The van der Waals surface area contributed by atoms with E-state index in [0.717, 1.165) is 4.88 Å². The summed E-state index contributed by atoms with van der Waals surface area (Å²) in [5.41, 5.74) is 0.307. The summed E-state index contributed by atoms with van der Waals surface area (Å²) in [6, 6.07) is 1.93. The molecule has 1 N–H and O–H groups in total. The molecule has 0 spiro atoms. The van der Waals surface area contributed by atoms with Crippen LogP contribution in [0.25, 0.3) is 10.2 Å². The summed E-state index contributed by atoms with van der Waals surface area (Å²) < 4.78 is 1.30. The normalized spacial score (nSPS) is 17.1. The topological polar surface area (TPSA) is 96.0 Å². The molecule has 0 amide bonds. The minimum absolute atomic E-state index is 0.0734. The molecule has 0 radical (unpaired) electrons. The Morgan fingerprint density at radius 2 is 2.40 bits per heavy atom. The van der Waals surface area contributed by atoms with Crippen LogP contribution < -0.4 is 5.56 Å². The van der Waals surface area contributed by atoms with Gasteiger partial charge in [0, 0.05) is 4.88 Å². The van der Waals surface area contributed by atoms with Crippen molar-refractivity contribution in [3.8, 4) is 6.07 Å². The van der Waals surface area contributed by atoms with Gasteiger partial charge in [-0.3, -0.25) is 14.2 Å². The lowest BCUT2D eigenvalue weighted by Gasteiger charge is -2.07. The number of rotatable bonds is 2. The van der Waals surface area contributed by atoms with Crippen molar-refractivity contribution >= 4 is 27.5 Å². The van der Waals surface area contributed by atoms with E-state index in [4.69, 9.17) is 5.26 Å². The molecular formula is C13H11N3O3S. The van der Waals surface area contributed by atoms with Gasteiger partial charge in [-0.1, -0.05) is 0 Å². The van der Waals surface area contributed by atoms with Gasteiger partial charge in [0.05, 0.1) is 17.4 Å². The van der Waals surface area contributed by atoms with Crippen molar-refractivity contribution in [2.75, 3.05) is 0 Å². The summed E-state index contributed by atoms with van der Waals surface area (Å²) in [7, 11) is 0. The third-order valence-corrected chi connectivity index (χ3v) is 4.81. The van der Waals surface area contributed by atoms with E-state index >= 15 is 0 Å². The first-order valence-corrected chi connectivity index (χ1v) is 6.98. The fourth-order valence-electron chi connectivity index (χ4n) is 2.73. The van der Waals surface area contributed by atoms with Crippen LogP contribution in [0, 0.1) is 18.3 Å². The molecule has 6 nitrogen and oxygen atoms in total. The molecule has 1 unspecified atom stereocenters. The average molecular weight is 289 g/mol. The Labute approximate surface area is 117 Å². The number of aryl methyl sites for hydroxylation is 2. The summed E-state index contributed by atoms with van der Waals surface area (Å²) in [6.07, 6.45) is 1.20. The molecule has 0 aromatic carbocycles. The Balaban J connectivity index is 2.36. The van der Waals surface area contributed by atoms with Gasteiger partial charge < -0.3 is 5.11 Å². The standard InChI is InChI=1S/C13H11N3O3S/c1-6-15-11-10(12(17)16(6)5-4-14)9-7(13(18)19)2-3-8(9)20-11/h7H,2-3,5H2,1H3,(H,18,19). The number of carbonyl (C=O) groups is 1. The number of carboxylic acid groups (broad SMARTS) is 1. The highest BCUT2D eigenvalue weighted by molar-refractivity contribution is 7.18. The van der Waals surface area contributed by atoms with Crippen LogP contribution in [0.4, 0.5) is 0 Å². The molecule has 2 aromatic heterocycles. The molecular weight excluding hydrogens is 278 g/mol. The maximum Gasteiger partial charge on any atom is 0.311 e. The number of nitrogens with zero attached hydrogens (tertiary/aromatic N) is 3. The Bertz CT molecular complexity index is 828. The molecule has 0 saturated heterocycles. The quantitative estimate of drug-likeness (QED) is 0.901. The molecule has 102 valence electrons. The predicted octanol–water partition coefficient (Wildman–Crippen LogP) is 1.40. The molecule has 7 heteroatoms. The number of thiophene rings is 1. The SMILES string of the molecule is Cc1nc2sc3c(c2c(=O)n1CC#N)C(C(=O)O)CC3. The molecule has 1 aliphatic carbocycles. The first-order valence-electron chi connectivity index (χ1n) is 6.17. The highest BCUT2D eigenvalue weighted by Gasteiger charge is 2.34. The summed E-state index contributed by atoms with van der Waals surface area (Å²) in [4.78, 5) is 29.7. The van der Waals surface area contributed by atoms with Crippen LogP contribution in [-0.4, -0.2) is 20.6 Å². The Morgan fingerprint density at radius 1 is 1.65 bits per heavy atom. The second-order valence-electron chi connectivity index (χ2n) is 4.76. The summed E-state index contributed by atoms with van der Waals surface area (Å²) in [6.45, 7) is 1.60. The van der Waals surface area contributed by atoms with E-state index in [1.165, 1.54) is 15.9 Å². The van der Waals surface area contributed by atoms with Crippen LogP contribution >= 0.6 is 11.3 Å². The molecule has 0 bridgehead atoms. The van der Waals surface area contributed by atoms with E-state index in [-0.39, 0.29) is 12.1 Å². The maximum absolute atomic E-state index is 12.5. The zero-order chi connectivity index (χ0) is 14.4. The molecule has 1 aliphatic rings. The first-order chi connectivity index (χ1) is 9.54. The van der Waals surface area contributed by atoms with E-state index in [1.807, 2.05) is 6.07 Å². The van der Waals surface area contributed by atoms with Crippen molar-refractivity contribution in [2.45, 2.75) is 32.2 Å². The van der Waals surface area contributed by atoms with Crippen molar-refractivity contribution in [1.82, 2.24) is 9.55 Å². The van der Waals surface area contributed by atoms with Crippen LogP contribution in [0.15, 0.2) is 4.79 Å². The molecule has 0 saturated carbocycles. The van der Waals surface area contributed by atoms with Crippen LogP contribution in [0.2, 0.25) is 0 Å². The monoisotopic (exact) mass is 289 g/mol. The number of aliphatic carboxylic acids is 1. The smallest absolute Gasteiger partial charge is 0.311 e. The Morgan fingerprint density at radius 3 is 3.05 bits per heavy atom. The third-order valence-electron chi connectivity index (χ3n) is 3.65. The van der Waals surface area contributed by atoms with E-state index < -0.39 is 11.9 Å². The summed E-state index contributed by atoms with van der Waals surface area (Å²) in [5.74, 6) is -1.06. The lowest BCUT2D eigenvalue weighted by molar-refractivity contribution is -0.138. The van der Waals surface area contributed by atoms with E-state index in [9.17, 15) is 14.7 Å². The minimum atomic E-state index is -0.907. The van der Waals surface area contributed by atoms with Gasteiger partial charge in [-0.15, -0.1) is 11.3 Å². The van der Waals surface area contributed by atoms with Crippen molar-refractivity contribution in [3.63, 3.8) is 0 Å². The van der Waals surface area contributed by atoms with Gasteiger partial charge in [0.15, 0.2) is 0 Å². The lowest BCUT2D eigenvalue weighted by atomic mass is 10.0. The number of carboxylic acids is 1. The predicted molar refractivity (Wildman–Crippen MR) is 72.9 cm³/mol. The molecule has 2 heterocycles. The van der Waals surface area contributed by atoms with Crippen LogP contribution in [-0.2, 0) is 17.8 Å². The summed E-state index contributed by atoms with van der Waals surface area (Å²) >= 11 is 1.39. The molecule has 1 atom stereocenters. The van der Waals surface area contributed by atoms with Gasteiger partial charge >= 0.3 is 5.97 Å². The number of aromatic nitrogens is 2. The zero-order valence-corrected chi connectivity index (χ0v) is 11.5. The second kappa shape index (κ2) is 4.42. The number of hydrogen-bond donors (Lipinski definition) is 1. The van der Waals surface area contributed by atoms with Crippen LogP contribution in [0.3, 0.4) is 0 Å². The van der Waals surface area contributed by atoms with Crippen molar-refractivity contribution < 1.29 is 9.90 Å². The van der Waals surface area contributed by atoms with Crippen molar-refractivity contribution in [1.29, 1.82) is 5.26 Å². The Kier molecular flexibility index (Phi) is 2.83. The second-order valence-corrected chi connectivity index (χ2v) is 5.84. The highest BCUT2D eigenvalue weighted by atomic mass is 32.1. The largest absolute Gasteiger partial charge is 0.481 e.